The van der Waals surface area contributed by atoms with E-state index in [4.69, 9.17) is 4.74 Å². The lowest BCUT2D eigenvalue weighted by atomic mass is 10.1. The standard InChI is InChI=1S/C13H18BrN5O/c1-13(2,3)15-8-12-16-17-18-19(12)10-5-9(14)6-11(7-10)20-4/h5-7,15H,8H2,1-4H3. The molecule has 0 spiro atoms. The van der Waals surface area contributed by atoms with E-state index in [0.29, 0.717) is 6.54 Å². The van der Waals surface area contributed by atoms with Crippen molar-refractivity contribution in [3.63, 3.8) is 0 Å². The van der Waals surface area contributed by atoms with Crippen LogP contribution in [0.5, 0.6) is 5.75 Å². The molecule has 0 aliphatic carbocycles. The maximum Gasteiger partial charge on any atom is 0.170 e. The molecule has 1 heterocycles. The van der Waals surface area contributed by atoms with Crippen molar-refractivity contribution in [3.05, 3.63) is 28.5 Å². The molecule has 2 rings (SSSR count). The van der Waals surface area contributed by atoms with Crippen molar-refractivity contribution >= 4 is 15.9 Å². The molecular weight excluding hydrogens is 322 g/mol. The molecule has 1 aromatic heterocycles. The largest absolute Gasteiger partial charge is 0.497 e. The van der Waals surface area contributed by atoms with Crippen molar-refractivity contribution in [3.8, 4) is 11.4 Å². The number of rotatable bonds is 4. The molecule has 7 heteroatoms. The van der Waals surface area contributed by atoms with Crippen LogP contribution < -0.4 is 10.1 Å². The first kappa shape index (κ1) is 14.9. The van der Waals surface area contributed by atoms with Gasteiger partial charge in [-0.25, -0.2) is 0 Å². The van der Waals surface area contributed by atoms with Crippen LogP contribution in [-0.2, 0) is 6.54 Å². The summed E-state index contributed by atoms with van der Waals surface area (Å²) in [5.74, 6) is 1.50. The number of tetrazole rings is 1. The Kier molecular flexibility index (Phi) is 4.39. The van der Waals surface area contributed by atoms with Gasteiger partial charge in [-0.15, -0.1) is 5.10 Å². The highest BCUT2D eigenvalue weighted by molar-refractivity contribution is 9.10. The summed E-state index contributed by atoms with van der Waals surface area (Å²) in [6, 6.07) is 5.72. The van der Waals surface area contributed by atoms with E-state index >= 15 is 0 Å². The Balaban J connectivity index is 2.30. The number of halogens is 1. The summed E-state index contributed by atoms with van der Waals surface area (Å²) < 4.78 is 7.87. The highest BCUT2D eigenvalue weighted by Crippen LogP contribution is 2.23. The van der Waals surface area contributed by atoms with E-state index < -0.39 is 0 Å². The molecule has 0 aliphatic rings. The maximum atomic E-state index is 5.26. The van der Waals surface area contributed by atoms with E-state index in [2.05, 4.69) is 57.5 Å². The molecule has 0 unspecified atom stereocenters. The molecule has 0 saturated heterocycles. The zero-order valence-electron chi connectivity index (χ0n) is 12.0. The third-order valence-corrected chi connectivity index (χ3v) is 3.11. The summed E-state index contributed by atoms with van der Waals surface area (Å²) in [5.41, 5.74) is 0.859. The second-order valence-electron chi connectivity index (χ2n) is 5.46. The van der Waals surface area contributed by atoms with Crippen molar-refractivity contribution < 1.29 is 4.74 Å². The predicted octanol–water partition coefficient (Wildman–Crippen LogP) is 2.32. The quantitative estimate of drug-likeness (QED) is 0.925. The van der Waals surface area contributed by atoms with Crippen LogP contribution in [0.3, 0.4) is 0 Å². The van der Waals surface area contributed by atoms with Gasteiger partial charge >= 0.3 is 0 Å². The van der Waals surface area contributed by atoms with E-state index in [1.54, 1.807) is 11.8 Å². The van der Waals surface area contributed by atoms with Crippen molar-refractivity contribution in [2.45, 2.75) is 32.9 Å². The molecule has 1 N–H and O–H groups in total. The molecule has 0 aliphatic heterocycles. The summed E-state index contributed by atoms with van der Waals surface area (Å²) in [6.07, 6.45) is 0. The average Bonchev–Trinajstić information content (AvgIpc) is 2.83. The van der Waals surface area contributed by atoms with E-state index in [0.717, 1.165) is 21.7 Å². The first-order valence-corrected chi connectivity index (χ1v) is 7.05. The molecule has 0 radical (unpaired) electrons. The molecule has 0 fully saturated rings. The number of benzene rings is 1. The summed E-state index contributed by atoms with van der Waals surface area (Å²) >= 11 is 3.46. The van der Waals surface area contributed by atoms with Gasteiger partial charge in [0, 0.05) is 16.1 Å². The van der Waals surface area contributed by atoms with Crippen molar-refractivity contribution in [1.29, 1.82) is 0 Å². The third kappa shape index (κ3) is 3.77. The minimum absolute atomic E-state index is 0.00570. The van der Waals surface area contributed by atoms with Gasteiger partial charge in [-0.2, -0.15) is 4.68 Å². The number of nitrogens with zero attached hydrogens (tertiary/aromatic N) is 4. The van der Waals surface area contributed by atoms with Gasteiger partial charge in [0.05, 0.1) is 19.3 Å². The molecule has 0 bridgehead atoms. The van der Waals surface area contributed by atoms with Crippen LogP contribution in [0.15, 0.2) is 22.7 Å². The predicted molar refractivity (Wildman–Crippen MR) is 80.0 cm³/mol. The molecule has 0 saturated carbocycles. The zero-order chi connectivity index (χ0) is 14.8. The molecular formula is C13H18BrN5O. The number of nitrogens with one attached hydrogen (secondary N) is 1. The van der Waals surface area contributed by atoms with Crippen molar-refractivity contribution in [1.82, 2.24) is 25.5 Å². The monoisotopic (exact) mass is 339 g/mol. The van der Waals surface area contributed by atoms with Gasteiger partial charge < -0.3 is 10.1 Å². The number of ether oxygens (including phenoxy) is 1. The van der Waals surface area contributed by atoms with Gasteiger partial charge in [-0.3, -0.25) is 0 Å². The van der Waals surface area contributed by atoms with E-state index in [1.807, 2.05) is 18.2 Å². The minimum atomic E-state index is 0.00570. The van der Waals surface area contributed by atoms with E-state index in [1.165, 1.54) is 0 Å². The second-order valence-corrected chi connectivity index (χ2v) is 6.38. The first-order chi connectivity index (χ1) is 9.39. The van der Waals surface area contributed by atoms with Crippen LogP contribution in [-0.4, -0.2) is 32.9 Å². The van der Waals surface area contributed by atoms with E-state index in [9.17, 15) is 0 Å². The number of hydrogen-bond donors (Lipinski definition) is 1. The molecule has 6 nitrogen and oxygen atoms in total. The van der Waals surface area contributed by atoms with Gasteiger partial charge in [-0.1, -0.05) is 15.9 Å². The van der Waals surface area contributed by atoms with Gasteiger partial charge in [0.15, 0.2) is 5.82 Å². The van der Waals surface area contributed by atoms with Crippen LogP contribution in [0, 0.1) is 0 Å². The second kappa shape index (κ2) is 5.88. The first-order valence-electron chi connectivity index (χ1n) is 6.26. The molecule has 20 heavy (non-hydrogen) atoms. The molecule has 2 aromatic rings. The third-order valence-electron chi connectivity index (χ3n) is 2.65. The smallest absolute Gasteiger partial charge is 0.170 e. The summed E-state index contributed by atoms with van der Waals surface area (Å²) in [6.45, 7) is 6.89. The lowest BCUT2D eigenvalue weighted by Gasteiger charge is -2.20. The van der Waals surface area contributed by atoms with Crippen molar-refractivity contribution in [2.24, 2.45) is 0 Å². The summed E-state index contributed by atoms with van der Waals surface area (Å²) in [5, 5.41) is 15.2. The Morgan fingerprint density at radius 3 is 2.70 bits per heavy atom. The molecule has 108 valence electrons. The van der Waals surface area contributed by atoms with Gasteiger partial charge in [0.25, 0.3) is 0 Å². The van der Waals surface area contributed by atoms with Crippen LogP contribution in [0.25, 0.3) is 5.69 Å². The Morgan fingerprint density at radius 1 is 1.30 bits per heavy atom. The van der Waals surface area contributed by atoms with Gasteiger partial charge in [0.2, 0.25) is 0 Å². The highest BCUT2D eigenvalue weighted by Gasteiger charge is 2.14. The fraction of sp³-hybridized carbons (Fsp3) is 0.462. The fourth-order valence-corrected chi connectivity index (χ4v) is 2.11. The number of methoxy groups -OCH3 is 1. The lowest BCUT2D eigenvalue weighted by Crippen LogP contribution is -2.35. The minimum Gasteiger partial charge on any atom is -0.497 e. The normalized spacial score (nSPS) is 11.7. The lowest BCUT2D eigenvalue weighted by molar-refractivity contribution is 0.411. The van der Waals surface area contributed by atoms with E-state index in [-0.39, 0.29) is 5.54 Å². The van der Waals surface area contributed by atoms with Crippen molar-refractivity contribution in [2.75, 3.05) is 7.11 Å². The molecule has 0 amide bonds. The topological polar surface area (TPSA) is 64.9 Å². The van der Waals surface area contributed by atoms with Crippen LogP contribution in [0.4, 0.5) is 0 Å². The zero-order valence-corrected chi connectivity index (χ0v) is 13.6. The van der Waals surface area contributed by atoms with Crippen LogP contribution in [0.2, 0.25) is 0 Å². The highest BCUT2D eigenvalue weighted by atomic mass is 79.9. The maximum absolute atomic E-state index is 5.26. The molecule has 1 aromatic carbocycles. The Hall–Kier alpha value is -1.47. The summed E-state index contributed by atoms with van der Waals surface area (Å²) in [7, 11) is 1.63. The average molecular weight is 340 g/mol. The Morgan fingerprint density at radius 2 is 2.05 bits per heavy atom. The Labute approximate surface area is 126 Å². The molecule has 0 atom stereocenters. The fourth-order valence-electron chi connectivity index (χ4n) is 1.65. The number of aromatic nitrogens is 4. The Bertz CT molecular complexity index is 591. The number of hydrogen-bond acceptors (Lipinski definition) is 5. The van der Waals surface area contributed by atoms with Gasteiger partial charge in [-0.05, 0) is 43.3 Å². The SMILES string of the molecule is COc1cc(Br)cc(-n2nnnc2CNC(C)(C)C)c1. The summed E-state index contributed by atoms with van der Waals surface area (Å²) in [4.78, 5) is 0. The van der Waals surface area contributed by atoms with Crippen LogP contribution >= 0.6 is 15.9 Å². The van der Waals surface area contributed by atoms with Gasteiger partial charge in [0.1, 0.15) is 5.75 Å². The van der Waals surface area contributed by atoms with Crippen LogP contribution in [0.1, 0.15) is 26.6 Å².